The number of nitro groups is 1. The Morgan fingerprint density at radius 1 is 1.30 bits per heavy atom. The molecule has 0 atom stereocenters. The van der Waals surface area contributed by atoms with E-state index in [9.17, 15) is 14.9 Å². The van der Waals surface area contributed by atoms with Crippen molar-refractivity contribution in [3.05, 3.63) is 69.8 Å². The number of anilines is 1. The van der Waals surface area contributed by atoms with Crippen LogP contribution in [0.4, 0.5) is 11.4 Å². The molecule has 118 valence electrons. The summed E-state index contributed by atoms with van der Waals surface area (Å²) >= 11 is 0. The summed E-state index contributed by atoms with van der Waals surface area (Å²) in [6.45, 7) is 1.87. The lowest BCUT2D eigenvalue weighted by atomic mass is 10.2. The minimum Gasteiger partial charge on any atom is -0.462 e. The van der Waals surface area contributed by atoms with Crippen LogP contribution in [0.2, 0.25) is 0 Å². The number of hydrogen-bond acceptors (Lipinski definition) is 6. The van der Waals surface area contributed by atoms with Gasteiger partial charge in [0.15, 0.2) is 0 Å². The van der Waals surface area contributed by atoms with E-state index in [2.05, 4.69) is 10.5 Å². The molecule has 1 N–H and O–H groups in total. The number of nitro benzene ring substituents is 1. The fraction of sp³-hybridized carbons (Fsp3) is 0.125. The van der Waals surface area contributed by atoms with E-state index in [1.807, 2.05) is 30.3 Å². The Labute approximate surface area is 132 Å². The second kappa shape index (κ2) is 7.69. The fourth-order valence-electron chi connectivity index (χ4n) is 1.83. The lowest BCUT2D eigenvalue weighted by Crippen LogP contribution is -2.06. The van der Waals surface area contributed by atoms with Crippen molar-refractivity contribution in [1.29, 1.82) is 0 Å². The normalized spacial score (nSPS) is 10.5. The first-order valence-corrected chi connectivity index (χ1v) is 6.91. The summed E-state index contributed by atoms with van der Waals surface area (Å²) in [6, 6.07) is 13.3. The molecule has 2 rings (SSSR count). The van der Waals surface area contributed by atoms with Crippen LogP contribution < -0.4 is 5.43 Å². The Morgan fingerprint density at radius 3 is 2.70 bits per heavy atom. The lowest BCUT2D eigenvalue weighted by Gasteiger charge is -2.05. The molecule has 2 aromatic rings. The second-order valence-corrected chi connectivity index (χ2v) is 4.49. The zero-order chi connectivity index (χ0) is 16.7. The Hall–Kier alpha value is -3.22. The highest BCUT2D eigenvalue weighted by atomic mass is 16.6. The summed E-state index contributed by atoms with van der Waals surface area (Å²) < 4.78 is 4.83. The number of carbonyl (C=O) groups excluding carboxylic acids is 1. The van der Waals surface area contributed by atoms with Crippen molar-refractivity contribution in [2.75, 3.05) is 12.0 Å². The van der Waals surface area contributed by atoms with Gasteiger partial charge >= 0.3 is 5.97 Å². The molecule has 0 saturated carbocycles. The maximum atomic E-state index is 11.6. The predicted octanol–water partition coefficient (Wildman–Crippen LogP) is 3.22. The van der Waals surface area contributed by atoms with E-state index in [-0.39, 0.29) is 23.5 Å². The largest absolute Gasteiger partial charge is 0.462 e. The van der Waals surface area contributed by atoms with E-state index in [1.54, 1.807) is 13.1 Å². The summed E-state index contributed by atoms with van der Waals surface area (Å²) in [5.74, 6) is -0.602. The molecule has 0 heterocycles. The van der Waals surface area contributed by atoms with Gasteiger partial charge in [0.05, 0.1) is 23.3 Å². The molecule has 0 aromatic heterocycles. The van der Waals surface area contributed by atoms with E-state index in [0.29, 0.717) is 0 Å². The molecule has 0 aliphatic rings. The van der Waals surface area contributed by atoms with Crippen molar-refractivity contribution < 1.29 is 14.5 Å². The molecule has 23 heavy (non-hydrogen) atoms. The molecule has 7 nitrogen and oxygen atoms in total. The SMILES string of the molecule is CCOC(=O)c1ccc(NN=Cc2ccccc2)c([N+](=O)[O-])c1. The van der Waals surface area contributed by atoms with E-state index < -0.39 is 10.9 Å². The molecule has 0 aliphatic carbocycles. The molecule has 0 unspecified atom stereocenters. The van der Waals surface area contributed by atoms with Gasteiger partial charge in [-0.25, -0.2) is 4.79 Å². The van der Waals surface area contributed by atoms with Gasteiger partial charge in [-0.1, -0.05) is 30.3 Å². The monoisotopic (exact) mass is 313 g/mol. The van der Waals surface area contributed by atoms with Gasteiger partial charge in [0, 0.05) is 6.07 Å². The quantitative estimate of drug-likeness (QED) is 0.382. The van der Waals surface area contributed by atoms with Gasteiger partial charge in [-0.2, -0.15) is 5.10 Å². The Kier molecular flexibility index (Phi) is 5.40. The number of hydrogen-bond donors (Lipinski definition) is 1. The Morgan fingerprint density at radius 2 is 2.04 bits per heavy atom. The number of benzene rings is 2. The third kappa shape index (κ3) is 4.37. The highest BCUT2D eigenvalue weighted by Gasteiger charge is 2.17. The molecule has 0 amide bonds. The van der Waals surface area contributed by atoms with Gasteiger partial charge in [-0.3, -0.25) is 15.5 Å². The molecule has 0 aliphatic heterocycles. The third-order valence-corrected chi connectivity index (χ3v) is 2.90. The van der Waals surface area contributed by atoms with Crippen molar-refractivity contribution in [2.24, 2.45) is 5.10 Å². The van der Waals surface area contributed by atoms with Gasteiger partial charge in [0.25, 0.3) is 5.69 Å². The van der Waals surface area contributed by atoms with Gasteiger partial charge in [0.1, 0.15) is 5.69 Å². The number of rotatable bonds is 6. The maximum Gasteiger partial charge on any atom is 0.338 e. The van der Waals surface area contributed by atoms with Crippen molar-refractivity contribution >= 4 is 23.6 Å². The van der Waals surface area contributed by atoms with Gasteiger partial charge in [-0.15, -0.1) is 0 Å². The number of esters is 1. The van der Waals surface area contributed by atoms with Gasteiger partial charge < -0.3 is 4.74 Å². The van der Waals surface area contributed by atoms with Crippen LogP contribution >= 0.6 is 0 Å². The van der Waals surface area contributed by atoms with Gasteiger partial charge in [-0.05, 0) is 24.6 Å². The number of ether oxygens (including phenoxy) is 1. The van der Waals surface area contributed by atoms with Gasteiger partial charge in [0.2, 0.25) is 0 Å². The molecule has 7 heteroatoms. The predicted molar refractivity (Wildman–Crippen MR) is 86.7 cm³/mol. The zero-order valence-corrected chi connectivity index (χ0v) is 12.4. The van der Waals surface area contributed by atoms with Crippen LogP contribution in [-0.4, -0.2) is 23.7 Å². The van der Waals surface area contributed by atoms with Crippen LogP contribution in [0.3, 0.4) is 0 Å². The minimum atomic E-state index is -0.602. The first-order valence-electron chi connectivity index (χ1n) is 6.91. The smallest absolute Gasteiger partial charge is 0.338 e. The number of nitrogens with one attached hydrogen (secondary N) is 1. The van der Waals surface area contributed by atoms with Crippen LogP contribution in [0.15, 0.2) is 53.6 Å². The summed E-state index contributed by atoms with van der Waals surface area (Å²) in [7, 11) is 0. The molecule has 0 fully saturated rings. The van der Waals surface area contributed by atoms with E-state index >= 15 is 0 Å². The van der Waals surface area contributed by atoms with Crippen LogP contribution in [0.5, 0.6) is 0 Å². The first kappa shape index (κ1) is 16.2. The summed E-state index contributed by atoms with van der Waals surface area (Å²) in [6.07, 6.45) is 1.54. The van der Waals surface area contributed by atoms with Crippen molar-refractivity contribution in [1.82, 2.24) is 0 Å². The molecule has 0 radical (unpaired) electrons. The third-order valence-electron chi connectivity index (χ3n) is 2.90. The zero-order valence-electron chi connectivity index (χ0n) is 12.4. The van der Waals surface area contributed by atoms with Crippen molar-refractivity contribution in [2.45, 2.75) is 6.92 Å². The second-order valence-electron chi connectivity index (χ2n) is 4.49. The van der Waals surface area contributed by atoms with Crippen LogP contribution in [0.1, 0.15) is 22.8 Å². The summed E-state index contributed by atoms with van der Waals surface area (Å²) in [4.78, 5) is 22.2. The van der Waals surface area contributed by atoms with Crippen LogP contribution in [-0.2, 0) is 4.74 Å². The standard InChI is InChI=1S/C16H15N3O4/c1-2-23-16(20)13-8-9-14(15(10-13)19(21)22)18-17-11-12-6-4-3-5-7-12/h3-11,18H,2H2,1H3. The van der Waals surface area contributed by atoms with Crippen LogP contribution in [0.25, 0.3) is 0 Å². The fourth-order valence-corrected chi connectivity index (χ4v) is 1.83. The van der Waals surface area contributed by atoms with Crippen LogP contribution in [0, 0.1) is 10.1 Å². The number of carbonyl (C=O) groups is 1. The number of hydrazone groups is 1. The molecule has 0 saturated heterocycles. The molecule has 0 bridgehead atoms. The Balaban J connectivity index is 2.19. The first-order chi connectivity index (χ1) is 11.1. The van der Waals surface area contributed by atoms with E-state index in [4.69, 9.17) is 4.74 Å². The molecular formula is C16H15N3O4. The average Bonchev–Trinajstić information content (AvgIpc) is 2.56. The summed E-state index contributed by atoms with van der Waals surface area (Å²) in [5.41, 5.74) is 3.53. The topological polar surface area (TPSA) is 93.8 Å². The average molecular weight is 313 g/mol. The van der Waals surface area contributed by atoms with Crippen molar-refractivity contribution in [3.8, 4) is 0 Å². The molecule has 2 aromatic carbocycles. The summed E-state index contributed by atoms with van der Waals surface area (Å²) in [5, 5.41) is 15.1. The van der Waals surface area contributed by atoms with E-state index in [1.165, 1.54) is 18.2 Å². The highest BCUT2D eigenvalue weighted by molar-refractivity contribution is 5.91. The van der Waals surface area contributed by atoms with Crippen molar-refractivity contribution in [3.63, 3.8) is 0 Å². The minimum absolute atomic E-state index is 0.121. The maximum absolute atomic E-state index is 11.6. The number of nitrogens with zero attached hydrogens (tertiary/aromatic N) is 2. The lowest BCUT2D eigenvalue weighted by molar-refractivity contribution is -0.384. The Bertz CT molecular complexity index is 729. The highest BCUT2D eigenvalue weighted by Crippen LogP contribution is 2.26. The molecular weight excluding hydrogens is 298 g/mol. The molecule has 0 spiro atoms. The van der Waals surface area contributed by atoms with E-state index in [0.717, 1.165) is 5.56 Å².